The largest absolute Gasteiger partial charge is 0.0651 e. The van der Waals surface area contributed by atoms with Gasteiger partial charge >= 0.3 is 0 Å². The molecular formula is C15H32. The third-order valence-corrected chi connectivity index (χ3v) is 4.39. The molecule has 4 unspecified atom stereocenters. The highest BCUT2D eigenvalue weighted by Crippen LogP contribution is 2.30. The summed E-state index contributed by atoms with van der Waals surface area (Å²) in [4.78, 5) is 0. The number of rotatable bonds is 8. The zero-order chi connectivity index (χ0) is 11.8. The van der Waals surface area contributed by atoms with Crippen molar-refractivity contribution in [2.24, 2.45) is 23.7 Å². The van der Waals surface area contributed by atoms with E-state index in [1.807, 2.05) is 0 Å². The fraction of sp³-hybridized carbons (Fsp3) is 1.00. The van der Waals surface area contributed by atoms with Gasteiger partial charge in [0.05, 0.1) is 0 Å². The van der Waals surface area contributed by atoms with Gasteiger partial charge in [0.2, 0.25) is 0 Å². The summed E-state index contributed by atoms with van der Waals surface area (Å²) < 4.78 is 0. The first-order chi connectivity index (χ1) is 7.06. The molecule has 0 bridgehead atoms. The van der Waals surface area contributed by atoms with Crippen LogP contribution < -0.4 is 0 Å². The Hall–Kier alpha value is 0. The lowest BCUT2D eigenvalue weighted by Gasteiger charge is -2.28. The summed E-state index contributed by atoms with van der Waals surface area (Å²) >= 11 is 0. The second-order valence-electron chi connectivity index (χ2n) is 5.53. The van der Waals surface area contributed by atoms with Gasteiger partial charge in [0.1, 0.15) is 0 Å². The van der Waals surface area contributed by atoms with Gasteiger partial charge in [0.25, 0.3) is 0 Å². The zero-order valence-corrected chi connectivity index (χ0v) is 11.8. The minimum atomic E-state index is 0.905. The van der Waals surface area contributed by atoms with Crippen molar-refractivity contribution in [1.82, 2.24) is 0 Å². The van der Waals surface area contributed by atoms with Gasteiger partial charge in [-0.1, -0.05) is 73.6 Å². The van der Waals surface area contributed by atoms with Gasteiger partial charge in [-0.3, -0.25) is 0 Å². The van der Waals surface area contributed by atoms with E-state index in [2.05, 4.69) is 41.5 Å². The van der Waals surface area contributed by atoms with Crippen molar-refractivity contribution in [3.05, 3.63) is 0 Å². The molecule has 0 aliphatic carbocycles. The lowest BCUT2D eigenvalue weighted by Crippen LogP contribution is -2.19. The van der Waals surface area contributed by atoms with Gasteiger partial charge in [0.15, 0.2) is 0 Å². The van der Waals surface area contributed by atoms with Crippen LogP contribution >= 0.6 is 0 Å². The summed E-state index contributed by atoms with van der Waals surface area (Å²) in [7, 11) is 0. The first kappa shape index (κ1) is 15.0. The summed E-state index contributed by atoms with van der Waals surface area (Å²) in [5, 5.41) is 0. The zero-order valence-electron chi connectivity index (χ0n) is 11.8. The van der Waals surface area contributed by atoms with Crippen molar-refractivity contribution in [2.45, 2.75) is 73.6 Å². The van der Waals surface area contributed by atoms with E-state index < -0.39 is 0 Å². The lowest BCUT2D eigenvalue weighted by atomic mass is 9.77. The molecule has 0 aliphatic heterocycles. The van der Waals surface area contributed by atoms with Crippen molar-refractivity contribution in [1.29, 1.82) is 0 Å². The highest BCUT2D eigenvalue weighted by molar-refractivity contribution is 4.71. The van der Waals surface area contributed by atoms with E-state index in [1.54, 1.807) is 0 Å². The highest BCUT2D eigenvalue weighted by Gasteiger charge is 2.20. The SMILES string of the molecule is CCC(C)CCC(C)C(CC)C(C)CC. The van der Waals surface area contributed by atoms with Crippen molar-refractivity contribution in [2.75, 3.05) is 0 Å². The fourth-order valence-electron chi connectivity index (χ4n) is 2.63. The average molecular weight is 212 g/mol. The molecule has 0 heterocycles. The van der Waals surface area contributed by atoms with E-state index in [1.165, 1.54) is 32.1 Å². The van der Waals surface area contributed by atoms with E-state index in [9.17, 15) is 0 Å². The van der Waals surface area contributed by atoms with Crippen molar-refractivity contribution in [3.8, 4) is 0 Å². The Morgan fingerprint density at radius 2 is 1.27 bits per heavy atom. The molecule has 92 valence electrons. The van der Waals surface area contributed by atoms with Crippen LogP contribution in [0.15, 0.2) is 0 Å². The molecule has 0 saturated heterocycles. The third kappa shape index (κ3) is 5.58. The molecule has 4 atom stereocenters. The lowest BCUT2D eigenvalue weighted by molar-refractivity contribution is 0.219. The summed E-state index contributed by atoms with van der Waals surface area (Å²) in [6, 6.07) is 0. The van der Waals surface area contributed by atoms with Crippen LogP contribution in [0, 0.1) is 23.7 Å². The second-order valence-corrected chi connectivity index (χ2v) is 5.53. The van der Waals surface area contributed by atoms with Crippen LogP contribution in [0.3, 0.4) is 0 Å². The molecule has 0 N–H and O–H groups in total. The molecule has 0 aromatic heterocycles. The molecule has 0 nitrogen and oxygen atoms in total. The van der Waals surface area contributed by atoms with Crippen LogP contribution in [-0.2, 0) is 0 Å². The first-order valence-corrected chi connectivity index (χ1v) is 7.06. The Morgan fingerprint density at radius 3 is 1.67 bits per heavy atom. The molecule has 0 aromatic rings. The smallest absolute Gasteiger partial charge is 0.0365 e. The minimum Gasteiger partial charge on any atom is -0.0651 e. The van der Waals surface area contributed by atoms with E-state index in [-0.39, 0.29) is 0 Å². The van der Waals surface area contributed by atoms with Crippen LogP contribution in [-0.4, -0.2) is 0 Å². The molecule has 0 radical (unpaired) electrons. The summed E-state index contributed by atoms with van der Waals surface area (Å²) in [6.45, 7) is 14.3. The summed E-state index contributed by atoms with van der Waals surface area (Å²) in [5.41, 5.74) is 0. The minimum absolute atomic E-state index is 0.905. The van der Waals surface area contributed by atoms with Gasteiger partial charge in [0, 0.05) is 0 Å². The topological polar surface area (TPSA) is 0 Å². The average Bonchev–Trinajstić information content (AvgIpc) is 2.26. The Morgan fingerprint density at radius 1 is 0.667 bits per heavy atom. The normalized spacial score (nSPS) is 19.6. The van der Waals surface area contributed by atoms with E-state index in [0.717, 1.165) is 23.7 Å². The van der Waals surface area contributed by atoms with E-state index in [4.69, 9.17) is 0 Å². The molecule has 0 fully saturated rings. The van der Waals surface area contributed by atoms with Gasteiger partial charge < -0.3 is 0 Å². The van der Waals surface area contributed by atoms with Crippen LogP contribution in [0.4, 0.5) is 0 Å². The number of hydrogen-bond donors (Lipinski definition) is 0. The Bertz CT molecular complexity index is 139. The maximum Gasteiger partial charge on any atom is -0.0365 e. The standard InChI is InChI=1S/C15H32/c1-7-12(4)10-11-14(6)15(9-3)13(5)8-2/h12-15H,7-11H2,1-6H3. The van der Waals surface area contributed by atoms with Gasteiger partial charge in [-0.25, -0.2) is 0 Å². The van der Waals surface area contributed by atoms with Crippen LogP contribution in [0.1, 0.15) is 73.6 Å². The molecule has 0 saturated carbocycles. The van der Waals surface area contributed by atoms with Crippen LogP contribution in [0.5, 0.6) is 0 Å². The molecular weight excluding hydrogens is 180 g/mol. The summed E-state index contributed by atoms with van der Waals surface area (Å²) in [6.07, 6.45) is 6.89. The quantitative estimate of drug-likeness (QED) is 0.497. The molecule has 0 aliphatic rings. The van der Waals surface area contributed by atoms with Crippen molar-refractivity contribution < 1.29 is 0 Å². The molecule has 15 heavy (non-hydrogen) atoms. The molecule has 0 amide bonds. The molecule has 0 spiro atoms. The predicted octanol–water partition coefficient (Wildman–Crippen LogP) is 5.52. The highest BCUT2D eigenvalue weighted by atomic mass is 14.3. The van der Waals surface area contributed by atoms with Gasteiger partial charge in [-0.15, -0.1) is 0 Å². The Balaban J connectivity index is 3.98. The Labute approximate surface area is 97.8 Å². The molecule has 0 rings (SSSR count). The van der Waals surface area contributed by atoms with Crippen molar-refractivity contribution >= 4 is 0 Å². The molecule has 0 aromatic carbocycles. The first-order valence-electron chi connectivity index (χ1n) is 7.06. The van der Waals surface area contributed by atoms with Crippen LogP contribution in [0.2, 0.25) is 0 Å². The summed E-state index contributed by atoms with van der Waals surface area (Å²) in [5.74, 6) is 3.68. The van der Waals surface area contributed by atoms with Gasteiger partial charge in [-0.05, 0) is 23.7 Å². The van der Waals surface area contributed by atoms with Crippen molar-refractivity contribution in [3.63, 3.8) is 0 Å². The van der Waals surface area contributed by atoms with Crippen LogP contribution in [0.25, 0.3) is 0 Å². The van der Waals surface area contributed by atoms with E-state index >= 15 is 0 Å². The Kier molecular flexibility index (Phi) is 8.19. The monoisotopic (exact) mass is 212 g/mol. The molecule has 0 heteroatoms. The fourth-order valence-corrected chi connectivity index (χ4v) is 2.63. The predicted molar refractivity (Wildman–Crippen MR) is 71.1 cm³/mol. The van der Waals surface area contributed by atoms with Gasteiger partial charge in [-0.2, -0.15) is 0 Å². The van der Waals surface area contributed by atoms with E-state index in [0.29, 0.717) is 0 Å². The second kappa shape index (κ2) is 8.19. The number of hydrogen-bond acceptors (Lipinski definition) is 0. The maximum absolute atomic E-state index is 2.46. The maximum atomic E-state index is 2.46. The third-order valence-electron chi connectivity index (χ3n) is 4.39.